The molecule has 1 unspecified atom stereocenters. The van der Waals surface area contributed by atoms with Gasteiger partial charge in [0.05, 0.1) is 0 Å². The molecule has 0 N–H and O–H groups in total. The average molecular weight is 1050 g/mol. The molecule has 6 heteroatoms. The average Bonchev–Trinajstić information content (AvgIpc) is 3.41. The maximum absolute atomic E-state index is 12.9. The summed E-state index contributed by atoms with van der Waals surface area (Å²) in [5, 5.41) is 0. The lowest BCUT2D eigenvalue weighted by molar-refractivity contribution is -0.167. The second-order valence-corrected chi connectivity index (χ2v) is 21.7. The van der Waals surface area contributed by atoms with E-state index in [-0.39, 0.29) is 31.1 Å². The van der Waals surface area contributed by atoms with Gasteiger partial charge >= 0.3 is 17.9 Å². The zero-order chi connectivity index (χ0) is 54.3. The predicted molar refractivity (Wildman–Crippen MR) is 325 cm³/mol. The Labute approximate surface area is 465 Å². The van der Waals surface area contributed by atoms with Gasteiger partial charge in [0, 0.05) is 19.3 Å². The Morgan fingerprint density at radius 1 is 0.267 bits per heavy atom. The Morgan fingerprint density at radius 2 is 0.480 bits per heavy atom. The highest BCUT2D eigenvalue weighted by molar-refractivity contribution is 5.71. The Morgan fingerprint density at radius 3 is 0.800 bits per heavy atom. The summed E-state index contributed by atoms with van der Waals surface area (Å²) in [5.74, 6) is -0.893. The van der Waals surface area contributed by atoms with Gasteiger partial charge in [-0.2, -0.15) is 0 Å². The van der Waals surface area contributed by atoms with Gasteiger partial charge in [-0.1, -0.05) is 267 Å². The van der Waals surface area contributed by atoms with Gasteiger partial charge in [-0.05, 0) is 116 Å². The monoisotopic (exact) mass is 1050 g/mol. The molecule has 0 aromatic carbocycles. The van der Waals surface area contributed by atoms with Crippen LogP contribution >= 0.6 is 0 Å². The number of unbranched alkanes of at least 4 members (excludes halogenated alkanes) is 36. The summed E-state index contributed by atoms with van der Waals surface area (Å²) < 4.78 is 16.9. The molecule has 0 amide bonds. The van der Waals surface area contributed by atoms with Crippen molar-refractivity contribution >= 4 is 17.9 Å². The van der Waals surface area contributed by atoms with Gasteiger partial charge in [-0.25, -0.2) is 0 Å². The molecule has 6 nitrogen and oxygen atoms in total. The van der Waals surface area contributed by atoms with E-state index < -0.39 is 6.10 Å². The van der Waals surface area contributed by atoms with Crippen LogP contribution in [0, 0.1) is 0 Å². The van der Waals surface area contributed by atoms with Crippen molar-refractivity contribution in [1.82, 2.24) is 0 Å². The van der Waals surface area contributed by atoms with E-state index >= 15 is 0 Å². The summed E-state index contributed by atoms with van der Waals surface area (Å²) in [5.41, 5.74) is 0. The van der Waals surface area contributed by atoms with Crippen molar-refractivity contribution in [2.45, 2.75) is 335 Å². The first-order chi connectivity index (χ1) is 37.0. The van der Waals surface area contributed by atoms with Crippen LogP contribution in [0.2, 0.25) is 0 Å². The minimum Gasteiger partial charge on any atom is -0.462 e. The van der Waals surface area contributed by atoms with E-state index in [2.05, 4.69) is 93.7 Å². The first-order valence-electron chi connectivity index (χ1n) is 32.4. The summed E-state index contributed by atoms with van der Waals surface area (Å²) in [7, 11) is 0. The lowest BCUT2D eigenvalue weighted by Gasteiger charge is -2.18. The number of hydrogen-bond donors (Lipinski definition) is 0. The van der Waals surface area contributed by atoms with E-state index in [0.29, 0.717) is 19.3 Å². The zero-order valence-corrected chi connectivity index (χ0v) is 49.8. The van der Waals surface area contributed by atoms with Crippen LogP contribution in [0.3, 0.4) is 0 Å². The maximum Gasteiger partial charge on any atom is 0.306 e. The molecule has 1 atom stereocenters. The number of rotatable bonds is 59. The number of carbonyl (C=O) groups is 3. The summed E-state index contributed by atoms with van der Waals surface area (Å²) >= 11 is 0. The highest BCUT2D eigenvalue weighted by atomic mass is 16.6. The van der Waals surface area contributed by atoms with Crippen LogP contribution in [-0.4, -0.2) is 37.2 Å². The third-order valence-electron chi connectivity index (χ3n) is 14.2. The van der Waals surface area contributed by atoms with Crippen molar-refractivity contribution in [3.8, 4) is 0 Å². The van der Waals surface area contributed by atoms with Crippen molar-refractivity contribution in [2.24, 2.45) is 0 Å². The summed E-state index contributed by atoms with van der Waals surface area (Å²) in [4.78, 5) is 38.2. The molecule has 0 bridgehead atoms. The Balaban J connectivity index is 4.22. The largest absolute Gasteiger partial charge is 0.462 e. The van der Waals surface area contributed by atoms with E-state index in [4.69, 9.17) is 14.2 Å². The summed E-state index contributed by atoms with van der Waals surface area (Å²) in [6.07, 6.45) is 82.0. The molecule has 0 aromatic rings. The molecule has 0 spiro atoms. The molecule has 0 fully saturated rings. The number of allylic oxidation sites excluding steroid dienone is 12. The topological polar surface area (TPSA) is 78.9 Å². The molecule has 0 aliphatic carbocycles. The van der Waals surface area contributed by atoms with Crippen LogP contribution < -0.4 is 0 Å². The molecule has 0 aliphatic heterocycles. The minimum atomic E-state index is -0.786. The second kappa shape index (κ2) is 63.4. The smallest absolute Gasteiger partial charge is 0.306 e. The van der Waals surface area contributed by atoms with E-state index in [0.717, 1.165) is 103 Å². The fraction of sp³-hybridized carbons (Fsp3) is 0.783. The van der Waals surface area contributed by atoms with Crippen LogP contribution in [0.15, 0.2) is 72.9 Å². The Bertz CT molecular complexity index is 1390. The van der Waals surface area contributed by atoms with Gasteiger partial charge in [0.25, 0.3) is 0 Å². The van der Waals surface area contributed by atoms with Gasteiger partial charge in [0.2, 0.25) is 0 Å². The van der Waals surface area contributed by atoms with Crippen molar-refractivity contribution in [3.63, 3.8) is 0 Å². The van der Waals surface area contributed by atoms with E-state index in [1.807, 2.05) is 0 Å². The summed E-state index contributed by atoms with van der Waals surface area (Å²) in [6, 6.07) is 0. The number of esters is 3. The van der Waals surface area contributed by atoms with Crippen LogP contribution in [0.1, 0.15) is 329 Å². The third-order valence-corrected chi connectivity index (χ3v) is 14.2. The Hall–Kier alpha value is -3.15. The summed E-state index contributed by atoms with van der Waals surface area (Å²) in [6.45, 7) is 6.60. The molecule has 0 radical (unpaired) electrons. The lowest BCUT2D eigenvalue weighted by atomic mass is 10.0. The molecular formula is C69H122O6. The van der Waals surface area contributed by atoms with Gasteiger partial charge in [0.1, 0.15) is 13.2 Å². The molecular weight excluding hydrogens is 925 g/mol. The van der Waals surface area contributed by atoms with Crippen LogP contribution in [0.25, 0.3) is 0 Å². The normalized spacial score (nSPS) is 12.5. The fourth-order valence-electron chi connectivity index (χ4n) is 9.24. The quantitative estimate of drug-likeness (QED) is 0.0261. The molecule has 0 rings (SSSR count). The number of hydrogen-bond acceptors (Lipinski definition) is 6. The van der Waals surface area contributed by atoms with Crippen LogP contribution in [-0.2, 0) is 28.6 Å². The van der Waals surface area contributed by atoms with Crippen molar-refractivity contribution < 1.29 is 28.6 Å². The molecule has 75 heavy (non-hydrogen) atoms. The SMILES string of the molecule is CCCCC/C=C\C/C=C\CCCCCCCC(=O)OC(COC(=O)CCCCCCC/C=C\CCCCCC)COC(=O)CCCCCCCCCCCCCCCC/C=C\C/C=C\C/C=C\CCCCCCC. The highest BCUT2D eigenvalue weighted by Crippen LogP contribution is 2.16. The third kappa shape index (κ3) is 61.6. The standard InChI is InChI=1S/C69H122O6/c1-4-7-10-13-16-19-22-25-27-28-29-30-31-32-33-34-35-36-37-38-39-40-42-44-47-50-53-56-59-62-68(71)74-65-66(64-73-67(70)61-58-55-52-49-46-43-24-21-18-15-12-9-6-3)75-69(72)63-60-57-54-51-48-45-41-26-23-20-17-14-11-8-5-2/h17,20-22,24-26,28-29,31-32,41,66H,4-16,18-19,23,27,30,33-40,42-65H2,1-3H3/b20-17-,24-21-,25-22-,29-28-,32-31-,41-26-. The van der Waals surface area contributed by atoms with Gasteiger partial charge in [-0.15, -0.1) is 0 Å². The van der Waals surface area contributed by atoms with Crippen LogP contribution in [0.4, 0.5) is 0 Å². The molecule has 434 valence electrons. The first-order valence-corrected chi connectivity index (χ1v) is 32.4. The van der Waals surface area contributed by atoms with E-state index in [9.17, 15) is 14.4 Å². The van der Waals surface area contributed by atoms with Crippen molar-refractivity contribution in [1.29, 1.82) is 0 Å². The zero-order valence-electron chi connectivity index (χ0n) is 49.8. The van der Waals surface area contributed by atoms with Gasteiger partial charge in [0.15, 0.2) is 6.10 Å². The number of carbonyl (C=O) groups excluding carboxylic acids is 3. The number of ether oxygens (including phenoxy) is 3. The van der Waals surface area contributed by atoms with E-state index in [1.165, 1.54) is 186 Å². The van der Waals surface area contributed by atoms with Crippen LogP contribution in [0.5, 0.6) is 0 Å². The Kier molecular flexibility index (Phi) is 60.7. The van der Waals surface area contributed by atoms with E-state index in [1.54, 1.807) is 0 Å². The molecule has 0 heterocycles. The first kappa shape index (κ1) is 71.8. The maximum atomic E-state index is 12.9. The van der Waals surface area contributed by atoms with Gasteiger partial charge in [-0.3, -0.25) is 14.4 Å². The fourth-order valence-corrected chi connectivity index (χ4v) is 9.24. The van der Waals surface area contributed by atoms with Crippen molar-refractivity contribution in [2.75, 3.05) is 13.2 Å². The highest BCUT2D eigenvalue weighted by Gasteiger charge is 2.19. The minimum absolute atomic E-state index is 0.0822. The lowest BCUT2D eigenvalue weighted by Crippen LogP contribution is -2.30. The molecule has 0 aromatic heterocycles. The van der Waals surface area contributed by atoms with Gasteiger partial charge < -0.3 is 14.2 Å². The molecule has 0 saturated carbocycles. The molecule has 0 saturated heterocycles. The van der Waals surface area contributed by atoms with Crippen molar-refractivity contribution in [3.05, 3.63) is 72.9 Å². The predicted octanol–water partition coefficient (Wildman–Crippen LogP) is 22.1. The molecule has 0 aliphatic rings. The second-order valence-electron chi connectivity index (χ2n) is 21.7.